The van der Waals surface area contributed by atoms with Crippen molar-refractivity contribution in [2.24, 2.45) is 0 Å². The summed E-state index contributed by atoms with van der Waals surface area (Å²) in [6.07, 6.45) is 2.06. The van der Waals surface area contributed by atoms with Crippen molar-refractivity contribution in [2.75, 3.05) is 0 Å². The van der Waals surface area contributed by atoms with Gasteiger partial charge >= 0.3 is 0 Å². The van der Waals surface area contributed by atoms with Crippen LogP contribution in [-0.4, -0.2) is 13.1 Å². The van der Waals surface area contributed by atoms with Crippen molar-refractivity contribution in [3.05, 3.63) is 47.7 Å². The van der Waals surface area contributed by atoms with Crippen molar-refractivity contribution in [1.29, 1.82) is 5.26 Å². The summed E-state index contributed by atoms with van der Waals surface area (Å²) in [5, 5.41) is 10.3. The Labute approximate surface area is 128 Å². The maximum absolute atomic E-state index is 8.88. The van der Waals surface area contributed by atoms with Gasteiger partial charge in [0, 0.05) is 11.8 Å². The quantitative estimate of drug-likeness (QED) is 0.792. The molecule has 0 saturated carbocycles. The van der Waals surface area contributed by atoms with Crippen molar-refractivity contribution >= 4 is 13.3 Å². The van der Waals surface area contributed by atoms with Crippen molar-refractivity contribution in [2.45, 2.75) is 39.4 Å². The van der Waals surface area contributed by atoms with Crippen LogP contribution in [0.15, 0.2) is 36.5 Å². The molecule has 0 aliphatic carbocycles. The van der Waals surface area contributed by atoms with Gasteiger partial charge in [-0.15, -0.1) is 0 Å². The van der Waals surface area contributed by atoms with Crippen LogP contribution >= 0.6 is 0 Å². The molecule has 108 valence electrons. The van der Waals surface area contributed by atoms with E-state index >= 15 is 0 Å². The molecule has 0 unspecified atom stereocenters. The minimum absolute atomic E-state index is 0.492. The van der Waals surface area contributed by atoms with Gasteiger partial charge in [-0.05, 0) is 34.9 Å². The molecule has 0 bridgehead atoms. The highest BCUT2D eigenvalue weighted by Gasteiger charge is 2.22. The number of rotatable bonds is 3. The summed E-state index contributed by atoms with van der Waals surface area (Å²) in [4.78, 5) is 4.67. The van der Waals surface area contributed by atoms with Gasteiger partial charge in [0.1, 0.15) is 0 Å². The predicted molar refractivity (Wildman–Crippen MR) is 91.5 cm³/mol. The first-order valence-electron chi connectivity index (χ1n) is 7.34. The van der Waals surface area contributed by atoms with E-state index in [1.807, 2.05) is 24.3 Å². The topological polar surface area (TPSA) is 36.7 Å². The van der Waals surface area contributed by atoms with Crippen LogP contribution in [0, 0.1) is 11.3 Å². The number of hydrogen-bond acceptors (Lipinski definition) is 2. The second-order valence-electron chi connectivity index (χ2n) is 6.75. The fraction of sp³-hybridized carbons (Fsp3) is 0.333. The maximum atomic E-state index is 8.88. The molecule has 0 atom stereocenters. The maximum Gasteiger partial charge on any atom is 0.0991 e. The lowest BCUT2D eigenvalue weighted by Gasteiger charge is -2.23. The number of pyridine rings is 1. The highest BCUT2D eigenvalue weighted by Crippen LogP contribution is 2.23. The molecule has 0 N–H and O–H groups in total. The molecule has 1 aromatic heterocycles. The number of benzene rings is 1. The molecule has 1 aromatic carbocycles. The van der Waals surface area contributed by atoms with Crippen molar-refractivity contribution < 1.29 is 0 Å². The molecule has 0 aliphatic heterocycles. The Hall–Kier alpha value is -1.92. The monoisotopic (exact) mass is 294 g/mol. The van der Waals surface area contributed by atoms with Crippen LogP contribution in [0.25, 0.3) is 11.3 Å². The van der Waals surface area contributed by atoms with E-state index in [9.17, 15) is 0 Å². The van der Waals surface area contributed by atoms with E-state index in [0.29, 0.717) is 11.5 Å². The van der Waals surface area contributed by atoms with Gasteiger partial charge in [-0.1, -0.05) is 45.6 Å². The Balaban J connectivity index is 2.51. The second-order valence-corrected chi connectivity index (χ2v) is 11.8. The summed E-state index contributed by atoms with van der Waals surface area (Å²) in [7, 11) is -1.38. The molecule has 2 rings (SSSR count). The lowest BCUT2D eigenvalue weighted by molar-refractivity contribution is 0.870. The van der Waals surface area contributed by atoms with Gasteiger partial charge < -0.3 is 0 Å². The normalized spacial score (nSPS) is 11.5. The highest BCUT2D eigenvalue weighted by atomic mass is 28.3. The van der Waals surface area contributed by atoms with E-state index in [1.165, 1.54) is 10.8 Å². The van der Waals surface area contributed by atoms with Gasteiger partial charge in [0.05, 0.1) is 25.4 Å². The van der Waals surface area contributed by atoms with Crippen LogP contribution in [0.4, 0.5) is 0 Å². The average molecular weight is 294 g/mol. The molecule has 21 heavy (non-hydrogen) atoms. The molecular weight excluding hydrogens is 272 g/mol. The van der Waals surface area contributed by atoms with Crippen LogP contribution in [-0.2, 0) is 0 Å². The van der Waals surface area contributed by atoms with Crippen LogP contribution in [0.5, 0.6) is 0 Å². The Morgan fingerprint density at radius 1 is 1.10 bits per heavy atom. The van der Waals surface area contributed by atoms with Crippen molar-refractivity contribution in [1.82, 2.24) is 4.98 Å². The molecule has 3 heteroatoms. The Bertz CT molecular complexity index is 674. The van der Waals surface area contributed by atoms with E-state index in [0.717, 1.165) is 11.3 Å². The van der Waals surface area contributed by atoms with Gasteiger partial charge in [0.15, 0.2) is 0 Å². The van der Waals surface area contributed by atoms with Crippen molar-refractivity contribution in [3.63, 3.8) is 0 Å². The van der Waals surface area contributed by atoms with Gasteiger partial charge in [0.2, 0.25) is 0 Å². The van der Waals surface area contributed by atoms with Gasteiger partial charge in [0.25, 0.3) is 0 Å². The standard InChI is InChI=1S/C18H22N2Si/c1-13(2)16-10-17(20-12-18(16)21(3,4)5)15-8-6-14(11-19)7-9-15/h6-10,12-13H,1-5H3. The molecule has 2 nitrogen and oxygen atoms in total. The Kier molecular flexibility index (Phi) is 4.29. The first kappa shape index (κ1) is 15.5. The summed E-state index contributed by atoms with van der Waals surface area (Å²) in [5.74, 6) is 0.492. The summed E-state index contributed by atoms with van der Waals surface area (Å²) >= 11 is 0. The minimum atomic E-state index is -1.38. The van der Waals surface area contributed by atoms with E-state index in [-0.39, 0.29) is 0 Å². The summed E-state index contributed by atoms with van der Waals surface area (Å²) in [6, 6.07) is 12.0. The smallest absolute Gasteiger partial charge is 0.0991 e. The fourth-order valence-electron chi connectivity index (χ4n) is 2.45. The second kappa shape index (κ2) is 5.83. The first-order valence-corrected chi connectivity index (χ1v) is 10.8. The molecule has 0 saturated heterocycles. The van der Waals surface area contributed by atoms with Gasteiger partial charge in [-0.2, -0.15) is 5.26 Å². The highest BCUT2D eigenvalue weighted by molar-refractivity contribution is 6.89. The zero-order valence-electron chi connectivity index (χ0n) is 13.4. The molecule has 0 radical (unpaired) electrons. The minimum Gasteiger partial charge on any atom is -0.256 e. The largest absolute Gasteiger partial charge is 0.256 e. The molecule has 0 amide bonds. The van der Waals surface area contributed by atoms with Gasteiger partial charge in [-0.3, -0.25) is 4.98 Å². The molecular formula is C18H22N2Si. The van der Waals surface area contributed by atoms with Crippen LogP contribution < -0.4 is 5.19 Å². The van der Waals surface area contributed by atoms with Crippen molar-refractivity contribution in [3.8, 4) is 17.3 Å². The van der Waals surface area contributed by atoms with Crippen LogP contribution in [0.2, 0.25) is 19.6 Å². The van der Waals surface area contributed by atoms with Gasteiger partial charge in [-0.25, -0.2) is 0 Å². The third kappa shape index (κ3) is 3.40. The zero-order valence-corrected chi connectivity index (χ0v) is 14.4. The third-order valence-electron chi connectivity index (χ3n) is 3.68. The summed E-state index contributed by atoms with van der Waals surface area (Å²) in [6.45, 7) is 11.6. The average Bonchev–Trinajstić information content (AvgIpc) is 2.45. The summed E-state index contributed by atoms with van der Waals surface area (Å²) < 4.78 is 0. The van der Waals surface area contributed by atoms with E-state index in [2.05, 4.69) is 56.8 Å². The molecule has 0 aliphatic rings. The summed E-state index contributed by atoms with van der Waals surface area (Å²) in [5.41, 5.74) is 4.15. The van der Waals surface area contributed by atoms with E-state index in [4.69, 9.17) is 5.26 Å². The predicted octanol–water partition coefficient (Wildman–Crippen LogP) is 4.29. The third-order valence-corrected chi connectivity index (χ3v) is 5.71. The van der Waals surface area contributed by atoms with E-state index < -0.39 is 8.07 Å². The lowest BCUT2D eigenvalue weighted by Crippen LogP contribution is -2.40. The molecule has 0 fully saturated rings. The zero-order chi connectivity index (χ0) is 15.6. The first-order chi connectivity index (χ1) is 9.82. The van der Waals surface area contributed by atoms with Crippen LogP contribution in [0.1, 0.15) is 30.9 Å². The molecule has 2 aromatic rings. The molecule has 1 heterocycles. The van der Waals surface area contributed by atoms with Crippen LogP contribution in [0.3, 0.4) is 0 Å². The fourth-order valence-corrected chi connectivity index (χ4v) is 4.13. The number of hydrogen-bond donors (Lipinski definition) is 0. The number of nitrogens with zero attached hydrogens (tertiary/aromatic N) is 2. The Morgan fingerprint density at radius 2 is 1.71 bits per heavy atom. The lowest BCUT2D eigenvalue weighted by atomic mass is 10.0. The Morgan fingerprint density at radius 3 is 2.19 bits per heavy atom. The molecule has 0 spiro atoms. The number of aromatic nitrogens is 1. The SMILES string of the molecule is CC(C)c1cc(-c2ccc(C#N)cc2)ncc1[Si](C)(C)C. The number of nitriles is 1. The van der Waals surface area contributed by atoms with E-state index in [1.54, 1.807) is 0 Å².